The van der Waals surface area contributed by atoms with E-state index in [2.05, 4.69) is 47.2 Å². The van der Waals surface area contributed by atoms with Crippen molar-refractivity contribution in [2.75, 3.05) is 19.6 Å². The molecule has 0 radical (unpaired) electrons. The van der Waals surface area contributed by atoms with E-state index in [9.17, 15) is 89.0 Å². The number of hydrogen-bond donors (Lipinski definition) is 17. The topological polar surface area (TPSA) is 594 Å². The summed E-state index contributed by atoms with van der Waals surface area (Å²) in [6, 6.07) is 17.6. The predicted octanol–water partition coefficient (Wildman–Crippen LogP) is -1.94. The van der Waals surface area contributed by atoms with E-state index in [0.29, 0.717) is 27.8 Å². The van der Waals surface area contributed by atoms with Crippen LogP contribution in [0.15, 0.2) is 119 Å². The average molecular weight is 1500 g/mol. The number of carboxylic acid groups (broad SMARTS) is 2. The number of aliphatic imine (C=N–C) groups is 2. The summed E-state index contributed by atoms with van der Waals surface area (Å²) in [5.41, 5.74) is 41.4. The van der Waals surface area contributed by atoms with E-state index >= 15 is 0 Å². The molecule has 24 N–H and O–H groups in total. The second-order valence-electron chi connectivity index (χ2n) is 23.5. The number of aromatic hydroxyl groups is 1. The van der Waals surface area contributed by atoms with Gasteiger partial charge in [0.15, 0.2) is 17.7 Å². The number of carbonyl (C=O) groups is 14. The quantitative estimate of drug-likeness (QED) is 0.00774. The molecule has 0 aromatic heterocycles. The number of hydrogen-bond acceptors (Lipinski definition) is 17. The average Bonchev–Trinajstić information content (AvgIpc) is 1.66. The number of ketones is 1. The molecule has 0 saturated carbocycles. The highest BCUT2D eigenvalue weighted by Crippen LogP contribution is 2.22. The number of nitrogens with zero attached hydrogens (tertiary/aromatic N) is 3. The second kappa shape index (κ2) is 42.9. The molecule has 4 aromatic rings. The number of carbonyl (C=O) groups excluding carboxylic acids is 12. The summed E-state index contributed by atoms with van der Waals surface area (Å²) in [6.07, 6.45) is -12.1. The van der Waals surface area contributed by atoms with Crippen LogP contribution in [0.3, 0.4) is 0 Å². The van der Waals surface area contributed by atoms with E-state index in [-0.39, 0.29) is 101 Å². The molecule has 0 spiro atoms. The highest BCUT2D eigenvalue weighted by Gasteiger charge is 2.42. The molecule has 0 unspecified atom stereocenters. The van der Waals surface area contributed by atoms with E-state index in [1.54, 1.807) is 84.9 Å². The Morgan fingerprint density at radius 1 is 0.481 bits per heavy atom. The lowest BCUT2D eigenvalue weighted by Crippen LogP contribution is -2.60. The van der Waals surface area contributed by atoms with Crippen molar-refractivity contribution in [3.05, 3.63) is 137 Å². The van der Waals surface area contributed by atoms with Gasteiger partial charge in [-0.05, 0) is 73.8 Å². The Bertz CT molecular complexity index is 3750. The van der Waals surface area contributed by atoms with Crippen LogP contribution in [0.5, 0.6) is 5.75 Å². The third kappa shape index (κ3) is 32.3. The Balaban J connectivity index is 0.00000188. The van der Waals surface area contributed by atoms with Crippen molar-refractivity contribution < 1.29 is 109 Å². The number of carboxylic acids is 2. The van der Waals surface area contributed by atoms with Crippen LogP contribution in [0.1, 0.15) is 97.3 Å². The molecule has 1 fully saturated rings. The Kier molecular flexibility index (Phi) is 35.5. The normalized spacial score (nSPS) is 14.3. The minimum absolute atomic E-state index is 0.0240. The van der Waals surface area contributed by atoms with Gasteiger partial charge in [-0.25, -0.2) is 9.59 Å². The van der Waals surface area contributed by atoms with Gasteiger partial charge < -0.3 is 97.6 Å². The highest BCUT2D eigenvalue weighted by molar-refractivity contribution is 6.09. The van der Waals surface area contributed by atoms with Gasteiger partial charge in [0.2, 0.25) is 65.0 Å². The molecule has 0 aliphatic carbocycles. The molecular formula is C66H83F6N17O17. The van der Waals surface area contributed by atoms with Crippen molar-refractivity contribution in [2.24, 2.45) is 50.1 Å². The van der Waals surface area contributed by atoms with Crippen LogP contribution in [0, 0.1) is 0 Å². The SMILES string of the molecule is CC(=O)N[C@@H](Cc1ccc(C(=O)c2ccccc2)cc1)C(=O)N[C@@H](Cc1ccccc1)C(=O)N[C@@H](CCC(N)=O)C(=O)N[C@@H](CC(N)=O)C(=O)N[C@@H](CCCN=C(N)N)C(=O)N1CCC[C@H]1C(=O)N[C@@H](CCCN=C(N)N)C(=O)N[C@@H](Cc1ccc(O)cc1)C(N)=O.O=C(O)C(F)(F)F.O=C(O)C(F)(F)F. The smallest absolute Gasteiger partial charge is 0.490 e. The van der Waals surface area contributed by atoms with Crippen molar-refractivity contribution in [3.8, 4) is 5.75 Å². The zero-order valence-electron chi connectivity index (χ0n) is 56.8. The molecule has 1 saturated heterocycles. The number of likely N-dealkylation sites (tertiary alicyclic amines) is 1. The standard InChI is InChI=1S/C62H81N17O13.2C2HF3O2/c1-35(80)72-46(33-37-18-22-40(23-19-37)52(84)39-13-6-3-7-14-39)56(88)77-47(32-36-11-4-2-5-12-36)57(89)73-43(26-27-50(63)82)55(87)78-48(34-51(64)83)58(90)75-44(16-9-29-71-62(68)69)60(92)79-30-10-17-49(79)59(91)74-42(15-8-28-70-61(66)67)54(86)76-45(53(65)85)31-38-20-24-41(81)25-21-38;2*3-2(4,5)1(6)7/h2-7,11-14,18-25,42-49,81H,8-10,15-17,26-34H2,1H3,(H2,63,82)(H2,64,83)(H2,65,85)(H,72,80)(H,73,89)(H,74,91)(H,75,90)(H,76,86)(H,77,88)(H,78,87)(H4,66,67,70)(H4,68,69,71);2*(H,6,7)/t42-,43-,44-,45-,46-,47-,48-,49-;;/m0../s1. The molecule has 1 aliphatic rings. The third-order valence-electron chi connectivity index (χ3n) is 15.1. The van der Waals surface area contributed by atoms with Crippen molar-refractivity contribution in [1.29, 1.82) is 0 Å². The zero-order valence-corrected chi connectivity index (χ0v) is 56.8. The largest absolute Gasteiger partial charge is 0.508 e. The van der Waals surface area contributed by atoms with Crippen LogP contribution in [-0.2, 0) is 81.6 Å². The van der Waals surface area contributed by atoms with E-state index in [4.69, 9.17) is 59.9 Å². The number of nitrogens with one attached hydrogen (secondary N) is 7. The van der Waals surface area contributed by atoms with Gasteiger partial charge in [0.25, 0.3) is 0 Å². The fourth-order valence-electron chi connectivity index (χ4n) is 10.0. The summed E-state index contributed by atoms with van der Waals surface area (Å²) in [5, 5.41) is 42.0. The maximum Gasteiger partial charge on any atom is 0.490 e. The number of phenolic OH excluding ortho intramolecular Hbond substituents is 1. The fourth-order valence-corrected chi connectivity index (χ4v) is 10.0. The van der Waals surface area contributed by atoms with Crippen molar-refractivity contribution >= 4 is 94.6 Å². The van der Waals surface area contributed by atoms with Crippen LogP contribution < -0.4 is 77.4 Å². The third-order valence-corrected chi connectivity index (χ3v) is 15.1. The number of alkyl halides is 6. The number of guanidine groups is 2. The van der Waals surface area contributed by atoms with E-state index in [1.165, 1.54) is 36.1 Å². The van der Waals surface area contributed by atoms with Crippen LogP contribution in [-0.4, -0.2) is 195 Å². The lowest BCUT2D eigenvalue weighted by Gasteiger charge is -2.31. The van der Waals surface area contributed by atoms with Crippen molar-refractivity contribution in [1.82, 2.24) is 42.1 Å². The summed E-state index contributed by atoms with van der Waals surface area (Å²) in [7, 11) is 0. The lowest BCUT2D eigenvalue weighted by molar-refractivity contribution is -0.193. The summed E-state index contributed by atoms with van der Waals surface area (Å²) < 4.78 is 63.5. The fraction of sp³-hybridized carbons (Fsp3) is 0.394. The zero-order chi connectivity index (χ0) is 79.6. The van der Waals surface area contributed by atoms with Gasteiger partial charge in [0, 0.05) is 63.4 Å². The number of aliphatic carboxylic acids is 2. The first kappa shape index (κ1) is 87.8. The first-order valence-electron chi connectivity index (χ1n) is 32.1. The summed E-state index contributed by atoms with van der Waals surface area (Å²) in [5.74, 6) is -16.3. The predicted molar refractivity (Wildman–Crippen MR) is 365 cm³/mol. The van der Waals surface area contributed by atoms with Gasteiger partial charge >= 0.3 is 24.3 Å². The Morgan fingerprint density at radius 2 is 0.868 bits per heavy atom. The molecule has 1 heterocycles. The van der Waals surface area contributed by atoms with E-state index < -0.39 is 157 Å². The van der Waals surface area contributed by atoms with Crippen LogP contribution in [0.25, 0.3) is 0 Å². The Hall–Kier alpha value is -12.4. The number of nitrogens with two attached hydrogens (primary N) is 7. The minimum Gasteiger partial charge on any atom is -0.508 e. The molecule has 40 heteroatoms. The molecule has 1 aliphatic heterocycles. The monoisotopic (exact) mass is 1500 g/mol. The first-order valence-corrected chi connectivity index (χ1v) is 32.1. The number of halogens is 6. The van der Waals surface area contributed by atoms with Crippen LogP contribution >= 0.6 is 0 Å². The second-order valence-corrected chi connectivity index (χ2v) is 23.5. The molecule has 0 bridgehead atoms. The number of primary amides is 3. The molecule has 34 nitrogen and oxygen atoms in total. The molecule has 8 atom stereocenters. The molecule has 5 rings (SSSR count). The van der Waals surface area contributed by atoms with Gasteiger partial charge in [0.05, 0.1) is 6.42 Å². The Morgan fingerprint density at radius 3 is 1.33 bits per heavy atom. The first-order chi connectivity index (χ1) is 49.7. The summed E-state index contributed by atoms with van der Waals surface area (Å²) in [6.45, 7) is 1.17. The van der Waals surface area contributed by atoms with Crippen LogP contribution in [0.2, 0.25) is 0 Å². The van der Waals surface area contributed by atoms with Crippen LogP contribution in [0.4, 0.5) is 26.3 Å². The van der Waals surface area contributed by atoms with E-state index in [1.807, 2.05) is 0 Å². The number of phenols is 1. The van der Waals surface area contributed by atoms with Gasteiger partial charge in [-0.15, -0.1) is 0 Å². The lowest BCUT2D eigenvalue weighted by atomic mass is 9.98. The van der Waals surface area contributed by atoms with Crippen molar-refractivity contribution in [3.63, 3.8) is 0 Å². The Labute approximate surface area is 600 Å². The van der Waals surface area contributed by atoms with Crippen molar-refractivity contribution in [2.45, 2.75) is 145 Å². The number of amides is 11. The minimum atomic E-state index is -5.08. The summed E-state index contributed by atoms with van der Waals surface area (Å²) in [4.78, 5) is 191. The molecule has 576 valence electrons. The van der Waals surface area contributed by atoms with E-state index in [0.717, 1.165) is 0 Å². The maximum atomic E-state index is 14.7. The number of benzene rings is 4. The van der Waals surface area contributed by atoms with Gasteiger partial charge in [-0.2, -0.15) is 26.3 Å². The molecule has 11 amide bonds. The highest BCUT2D eigenvalue weighted by atomic mass is 19.4. The summed E-state index contributed by atoms with van der Waals surface area (Å²) >= 11 is 0. The molecule has 106 heavy (non-hydrogen) atoms. The molecule has 4 aromatic carbocycles. The number of rotatable bonds is 36. The maximum absolute atomic E-state index is 14.7. The van der Waals surface area contributed by atoms with Gasteiger partial charge in [-0.1, -0.05) is 97.1 Å². The molecular weight excluding hydrogens is 1420 g/mol. The van der Waals surface area contributed by atoms with Gasteiger partial charge in [-0.3, -0.25) is 67.5 Å². The van der Waals surface area contributed by atoms with Gasteiger partial charge in [0.1, 0.15) is 54.1 Å².